The molecule has 5 heterocycles. The molecule has 1 saturated carbocycles. The van der Waals surface area contributed by atoms with Crippen molar-refractivity contribution in [1.82, 2.24) is 29.7 Å². The average Bonchev–Trinajstić information content (AvgIpc) is 3.23. The molecule has 0 radical (unpaired) electrons. The molecule has 0 spiro atoms. The number of rotatable bonds is 10. The Labute approximate surface area is 347 Å². The van der Waals surface area contributed by atoms with E-state index in [2.05, 4.69) is 30.8 Å². The highest BCUT2D eigenvalue weighted by Gasteiger charge is 2.39. The predicted octanol–water partition coefficient (Wildman–Crippen LogP) is 5.30. The highest BCUT2D eigenvalue weighted by atomic mass is 19.1. The number of pyridine rings is 1. The molecule has 1 aliphatic carbocycles. The summed E-state index contributed by atoms with van der Waals surface area (Å²) in [6, 6.07) is 14.9. The summed E-state index contributed by atoms with van der Waals surface area (Å²) in [5, 5.41) is 20.3. The van der Waals surface area contributed by atoms with E-state index in [9.17, 15) is 24.3 Å². The third-order valence-corrected chi connectivity index (χ3v) is 12.8. The number of aliphatic hydroxyl groups is 1. The van der Waals surface area contributed by atoms with Crippen LogP contribution in [0.5, 0.6) is 0 Å². The lowest BCUT2D eigenvalue weighted by Gasteiger charge is -2.43. The number of piperidine rings is 3. The van der Waals surface area contributed by atoms with E-state index in [0.29, 0.717) is 80.2 Å². The number of anilines is 2. The standard InChI is InChI=1S/C45H52F2N8O5/c1-28-13-20-55(40(57)23-28)34-4-2-3-31(24-34)41-37(47)26-48-44(52-41)50-32-7-5-30(6-8-32)43(59)54-21-16-45(60,17-22-54)27-53-18-14-29(15-19-53)35-10-9-33(25-36(35)46)49-38-11-12-39(56)51-42(38)58/h2-4,9-10,13,20,23-26,29-30,32,38,49,60H,5-8,11-12,14-19,21-22,27H2,1H3,(H,48,50,52)(H,51,56,58)/t30-,32-,38?. The number of nitrogens with zero attached hydrogens (tertiary/aromatic N) is 5. The van der Waals surface area contributed by atoms with Gasteiger partial charge in [-0.1, -0.05) is 18.2 Å². The maximum absolute atomic E-state index is 15.3. The Morgan fingerprint density at radius 2 is 1.67 bits per heavy atom. The van der Waals surface area contributed by atoms with E-state index in [4.69, 9.17) is 0 Å². The zero-order valence-corrected chi connectivity index (χ0v) is 33.8. The van der Waals surface area contributed by atoms with Crippen LogP contribution in [0, 0.1) is 24.5 Å². The molecule has 4 N–H and O–H groups in total. The molecule has 4 fully saturated rings. The van der Waals surface area contributed by atoms with Crippen molar-refractivity contribution >= 4 is 29.4 Å². The summed E-state index contributed by atoms with van der Waals surface area (Å²) in [7, 11) is 0. The summed E-state index contributed by atoms with van der Waals surface area (Å²) < 4.78 is 31.8. The fourth-order valence-corrected chi connectivity index (χ4v) is 9.26. The third kappa shape index (κ3) is 9.42. The third-order valence-electron chi connectivity index (χ3n) is 12.8. The SMILES string of the molecule is Cc1ccn(-c2cccc(-c3nc(N[C@H]4CC[C@H](C(=O)N5CCC(O)(CN6CCC(c7ccc(NC8CCC(=O)NC8=O)cc7F)CC6)CC5)CC4)ncc3F)c2)c(=O)c1. The zero-order chi connectivity index (χ0) is 42.0. The van der Waals surface area contributed by atoms with E-state index in [0.717, 1.165) is 50.5 Å². The van der Waals surface area contributed by atoms with Gasteiger partial charge in [-0.05, 0) is 125 Å². The molecular formula is C45H52F2N8O5. The summed E-state index contributed by atoms with van der Waals surface area (Å²) in [6.07, 6.45) is 8.85. The number of carbonyl (C=O) groups excluding carboxylic acids is 3. The molecule has 4 aromatic rings. The first-order valence-electron chi connectivity index (χ1n) is 21.1. The summed E-state index contributed by atoms with van der Waals surface area (Å²) in [5.41, 5.74) is 2.19. The van der Waals surface area contributed by atoms with E-state index >= 15 is 8.78 Å². The Kier molecular flexibility index (Phi) is 12.1. The van der Waals surface area contributed by atoms with E-state index in [1.165, 1.54) is 10.6 Å². The molecule has 15 heteroatoms. The van der Waals surface area contributed by atoms with Crippen LogP contribution in [-0.2, 0) is 14.4 Å². The van der Waals surface area contributed by atoms with Crippen molar-refractivity contribution in [1.29, 1.82) is 0 Å². The number of likely N-dealkylation sites (tertiary alicyclic amines) is 2. The van der Waals surface area contributed by atoms with E-state index in [-0.39, 0.29) is 53.2 Å². The molecule has 0 bridgehead atoms. The molecule has 60 heavy (non-hydrogen) atoms. The summed E-state index contributed by atoms with van der Waals surface area (Å²) in [5.74, 6) is -1.20. The van der Waals surface area contributed by atoms with Crippen LogP contribution in [-0.4, -0.2) is 97.6 Å². The second kappa shape index (κ2) is 17.6. The number of hydrogen-bond acceptors (Lipinski definition) is 10. The predicted molar refractivity (Wildman–Crippen MR) is 223 cm³/mol. The van der Waals surface area contributed by atoms with Gasteiger partial charge < -0.3 is 25.5 Å². The van der Waals surface area contributed by atoms with E-state index < -0.39 is 23.4 Å². The van der Waals surface area contributed by atoms with Gasteiger partial charge in [-0.3, -0.25) is 29.1 Å². The Hall–Kier alpha value is -5.54. The Morgan fingerprint density at radius 3 is 2.38 bits per heavy atom. The van der Waals surface area contributed by atoms with E-state index in [1.807, 2.05) is 17.9 Å². The average molecular weight is 823 g/mol. The van der Waals surface area contributed by atoms with Crippen molar-refractivity contribution in [2.75, 3.05) is 43.4 Å². The second-order valence-corrected chi connectivity index (χ2v) is 17.0. The van der Waals surface area contributed by atoms with Gasteiger partial charge in [-0.25, -0.2) is 18.7 Å². The lowest BCUT2D eigenvalue weighted by molar-refractivity contribution is -0.141. The summed E-state index contributed by atoms with van der Waals surface area (Å²) in [4.78, 5) is 62.6. The molecule has 13 nitrogen and oxygen atoms in total. The van der Waals surface area contributed by atoms with Gasteiger partial charge in [0.1, 0.15) is 17.6 Å². The zero-order valence-electron chi connectivity index (χ0n) is 33.8. The molecule has 3 saturated heterocycles. The monoisotopic (exact) mass is 822 g/mol. The lowest BCUT2D eigenvalue weighted by Crippen LogP contribution is -2.54. The number of nitrogens with one attached hydrogen (secondary N) is 3. The minimum Gasteiger partial charge on any atom is -0.388 e. The Morgan fingerprint density at radius 1 is 0.900 bits per heavy atom. The van der Waals surface area contributed by atoms with Crippen molar-refractivity contribution in [3.05, 3.63) is 100 Å². The van der Waals surface area contributed by atoms with Crippen LogP contribution in [0.25, 0.3) is 16.9 Å². The van der Waals surface area contributed by atoms with Crippen molar-refractivity contribution in [2.24, 2.45) is 5.92 Å². The smallest absolute Gasteiger partial charge is 0.255 e. The first-order chi connectivity index (χ1) is 28.9. The largest absolute Gasteiger partial charge is 0.388 e. The highest BCUT2D eigenvalue weighted by molar-refractivity contribution is 6.01. The van der Waals surface area contributed by atoms with Gasteiger partial charge in [0.15, 0.2) is 5.82 Å². The molecule has 3 amide bonds. The molecule has 1 atom stereocenters. The lowest BCUT2D eigenvalue weighted by atomic mass is 9.83. The van der Waals surface area contributed by atoms with Crippen molar-refractivity contribution in [3.8, 4) is 16.9 Å². The normalized spacial score (nSPS) is 22.6. The van der Waals surface area contributed by atoms with Gasteiger partial charge >= 0.3 is 0 Å². The minimum atomic E-state index is -0.895. The number of hydrogen-bond donors (Lipinski definition) is 4. The van der Waals surface area contributed by atoms with Gasteiger partial charge in [-0.15, -0.1) is 0 Å². The molecule has 2 aromatic carbocycles. The Balaban J connectivity index is 0.777. The van der Waals surface area contributed by atoms with Gasteiger partial charge in [-0.2, -0.15) is 0 Å². The van der Waals surface area contributed by atoms with Crippen LogP contribution < -0.4 is 21.5 Å². The number of aryl methyl sites for hydroxylation is 1. The number of amides is 3. The van der Waals surface area contributed by atoms with Crippen LogP contribution >= 0.6 is 0 Å². The maximum atomic E-state index is 15.3. The van der Waals surface area contributed by atoms with Crippen molar-refractivity contribution < 1.29 is 28.3 Å². The van der Waals surface area contributed by atoms with Gasteiger partial charge in [0, 0.05) is 67.2 Å². The highest BCUT2D eigenvalue weighted by Crippen LogP contribution is 2.35. The van der Waals surface area contributed by atoms with Crippen molar-refractivity contribution in [3.63, 3.8) is 0 Å². The first kappa shape index (κ1) is 41.2. The molecule has 3 aliphatic heterocycles. The summed E-state index contributed by atoms with van der Waals surface area (Å²) in [6.45, 7) is 4.83. The van der Waals surface area contributed by atoms with Gasteiger partial charge in [0.05, 0.1) is 11.8 Å². The molecule has 8 rings (SSSR count). The number of imide groups is 1. The molecule has 316 valence electrons. The quantitative estimate of drug-likeness (QED) is 0.155. The molecule has 4 aliphatic rings. The topological polar surface area (TPSA) is 162 Å². The Bertz CT molecular complexity index is 2300. The van der Waals surface area contributed by atoms with Crippen LogP contribution in [0.1, 0.15) is 81.3 Å². The fraction of sp³-hybridized carbons (Fsp3) is 0.467. The minimum absolute atomic E-state index is 0.0262. The first-order valence-corrected chi connectivity index (χ1v) is 21.1. The number of benzene rings is 2. The number of aromatic nitrogens is 3. The van der Waals surface area contributed by atoms with Crippen LogP contribution in [0.4, 0.5) is 20.4 Å². The fourth-order valence-electron chi connectivity index (χ4n) is 9.26. The number of halogens is 2. The van der Waals surface area contributed by atoms with Gasteiger partial charge in [0.25, 0.3) is 5.56 Å². The van der Waals surface area contributed by atoms with Gasteiger partial charge in [0.2, 0.25) is 23.7 Å². The van der Waals surface area contributed by atoms with Crippen LogP contribution in [0.2, 0.25) is 0 Å². The molecule has 1 unspecified atom stereocenters. The van der Waals surface area contributed by atoms with Crippen LogP contribution in [0.15, 0.2) is 71.8 Å². The maximum Gasteiger partial charge on any atom is 0.255 e. The van der Waals surface area contributed by atoms with Crippen molar-refractivity contribution in [2.45, 2.75) is 94.7 Å². The number of carbonyl (C=O) groups is 3. The van der Waals surface area contributed by atoms with Crippen LogP contribution in [0.3, 0.4) is 0 Å². The molecule has 2 aromatic heterocycles. The molecular weight excluding hydrogens is 771 g/mol. The second-order valence-electron chi connectivity index (χ2n) is 17.0. The summed E-state index contributed by atoms with van der Waals surface area (Å²) >= 11 is 0. The van der Waals surface area contributed by atoms with E-state index in [1.54, 1.807) is 48.7 Å². The number of β-amino-alcohol motifs (C(OH)–C–C–N with tert-alkyl or cyclic N) is 1.